The third-order valence-corrected chi connectivity index (χ3v) is 4.92. The predicted octanol–water partition coefficient (Wildman–Crippen LogP) is 7.42. The average Bonchev–Trinajstić information content (AvgIpc) is 2.53. The van der Waals surface area contributed by atoms with E-state index >= 15 is 0 Å². The van der Waals surface area contributed by atoms with Crippen molar-refractivity contribution in [2.75, 3.05) is 6.54 Å². The summed E-state index contributed by atoms with van der Waals surface area (Å²) in [6, 6.07) is 0. The maximum absolute atomic E-state index is 4.15. The molecule has 0 heterocycles. The van der Waals surface area contributed by atoms with Gasteiger partial charge in [-0.1, -0.05) is 97.1 Å². The third-order valence-electron chi connectivity index (χ3n) is 4.92. The molecule has 0 aromatic heterocycles. The van der Waals surface area contributed by atoms with Crippen molar-refractivity contribution in [1.29, 1.82) is 0 Å². The van der Waals surface area contributed by atoms with E-state index in [1.165, 1.54) is 74.6 Å². The molecule has 0 aliphatic heterocycles. The number of hydrogen-bond acceptors (Lipinski definition) is 1. The topological polar surface area (TPSA) is 12.0 Å². The molecular formula is C23H43N. The van der Waals surface area contributed by atoms with Gasteiger partial charge < -0.3 is 5.32 Å². The van der Waals surface area contributed by atoms with Crippen LogP contribution in [0.2, 0.25) is 0 Å². The first-order valence-corrected chi connectivity index (χ1v) is 10.1. The Morgan fingerprint density at radius 2 is 1.04 bits per heavy atom. The molecule has 0 aliphatic rings. The van der Waals surface area contributed by atoms with Crippen LogP contribution in [-0.4, -0.2) is 6.54 Å². The predicted molar refractivity (Wildman–Crippen MR) is 111 cm³/mol. The lowest BCUT2D eigenvalue weighted by atomic mass is 9.98. The molecule has 0 atom stereocenters. The van der Waals surface area contributed by atoms with Gasteiger partial charge in [-0.25, -0.2) is 0 Å². The van der Waals surface area contributed by atoms with E-state index in [4.69, 9.17) is 0 Å². The van der Waals surface area contributed by atoms with Gasteiger partial charge in [-0.3, -0.25) is 0 Å². The Hall–Kier alpha value is -0.980. The van der Waals surface area contributed by atoms with Gasteiger partial charge in [-0.15, -0.1) is 0 Å². The molecule has 0 aromatic carbocycles. The van der Waals surface area contributed by atoms with Gasteiger partial charge >= 0.3 is 0 Å². The Labute approximate surface area is 152 Å². The Kier molecular flexibility index (Phi) is 13.8. The first-order chi connectivity index (χ1) is 11.3. The summed E-state index contributed by atoms with van der Waals surface area (Å²) < 4.78 is 0. The van der Waals surface area contributed by atoms with Gasteiger partial charge in [-0.2, -0.15) is 0 Å². The van der Waals surface area contributed by atoms with Crippen LogP contribution < -0.4 is 5.32 Å². The smallest absolute Gasteiger partial charge is 0.0356 e. The van der Waals surface area contributed by atoms with Crippen molar-refractivity contribution in [3.05, 3.63) is 36.6 Å². The Morgan fingerprint density at radius 3 is 1.50 bits per heavy atom. The van der Waals surface area contributed by atoms with Crippen LogP contribution in [0.1, 0.15) is 91.9 Å². The highest BCUT2D eigenvalue weighted by Crippen LogP contribution is 2.17. The summed E-state index contributed by atoms with van der Waals surface area (Å²) in [5.74, 6) is 1.20. The van der Waals surface area contributed by atoms with Crippen LogP contribution in [0.5, 0.6) is 0 Å². The summed E-state index contributed by atoms with van der Waals surface area (Å²) >= 11 is 0. The minimum absolute atomic E-state index is 0.550. The van der Waals surface area contributed by atoms with Crippen molar-refractivity contribution >= 4 is 0 Å². The second-order valence-corrected chi connectivity index (χ2v) is 7.91. The van der Waals surface area contributed by atoms with Gasteiger partial charge in [0.2, 0.25) is 0 Å². The van der Waals surface area contributed by atoms with E-state index in [0.717, 1.165) is 13.0 Å². The maximum Gasteiger partial charge on any atom is 0.0356 e. The summed E-state index contributed by atoms with van der Waals surface area (Å²) in [6.45, 7) is 22.1. The third kappa shape index (κ3) is 13.5. The van der Waals surface area contributed by atoms with E-state index < -0.39 is 0 Å². The fraction of sp³-hybridized carbons (Fsp3) is 0.739. The molecule has 0 aromatic rings. The highest BCUT2D eigenvalue weighted by atomic mass is 14.9. The lowest BCUT2D eigenvalue weighted by molar-refractivity contribution is 0.556. The first-order valence-electron chi connectivity index (χ1n) is 10.1. The minimum Gasteiger partial charge on any atom is -0.385 e. The van der Waals surface area contributed by atoms with Gasteiger partial charge in [0.15, 0.2) is 0 Å². The minimum atomic E-state index is 0.550. The van der Waals surface area contributed by atoms with Gasteiger partial charge in [-0.05, 0) is 37.5 Å². The molecule has 0 saturated carbocycles. The summed E-state index contributed by atoms with van der Waals surface area (Å²) in [6.07, 6.45) is 13.1. The molecule has 0 rings (SSSR count). The van der Waals surface area contributed by atoms with Crippen LogP contribution >= 0.6 is 0 Å². The number of hydrogen-bond donors (Lipinski definition) is 1. The van der Waals surface area contributed by atoms with Crippen molar-refractivity contribution in [2.45, 2.75) is 91.9 Å². The van der Waals surface area contributed by atoms with Gasteiger partial charge in [0.05, 0.1) is 0 Å². The molecule has 0 unspecified atom stereocenters. The van der Waals surface area contributed by atoms with Crippen LogP contribution in [0, 0.1) is 11.8 Å². The zero-order chi connectivity index (χ0) is 18.4. The quantitative estimate of drug-likeness (QED) is 0.229. The lowest BCUT2D eigenvalue weighted by Gasteiger charge is -2.13. The van der Waals surface area contributed by atoms with Crippen LogP contribution in [0.3, 0.4) is 0 Å². The standard InChI is InChI=1S/C23H43N/c1-19(2)21(5)16-14-12-10-8-9-11-13-15-17-23(7)24-18-22(6)20(3)4/h19-20,24H,5-18H2,1-4H3. The molecule has 0 bridgehead atoms. The summed E-state index contributed by atoms with van der Waals surface area (Å²) in [4.78, 5) is 0. The number of rotatable bonds is 16. The Bertz CT molecular complexity index is 362. The van der Waals surface area contributed by atoms with E-state index in [-0.39, 0.29) is 0 Å². The van der Waals surface area contributed by atoms with Crippen molar-refractivity contribution in [1.82, 2.24) is 5.32 Å². The normalized spacial score (nSPS) is 11.1. The van der Waals surface area contributed by atoms with Crippen molar-refractivity contribution in [3.63, 3.8) is 0 Å². The van der Waals surface area contributed by atoms with E-state index in [1.54, 1.807) is 0 Å². The van der Waals surface area contributed by atoms with Crippen molar-refractivity contribution < 1.29 is 0 Å². The molecule has 1 nitrogen and oxygen atoms in total. The van der Waals surface area contributed by atoms with Gasteiger partial charge in [0.1, 0.15) is 0 Å². The number of allylic oxidation sites excluding steroid dienone is 2. The van der Waals surface area contributed by atoms with Gasteiger partial charge in [0, 0.05) is 12.2 Å². The first kappa shape index (κ1) is 23.0. The fourth-order valence-corrected chi connectivity index (χ4v) is 2.57. The Morgan fingerprint density at radius 1 is 0.625 bits per heavy atom. The second-order valence-electron chi connectivity index (χ2n) is 7.91. The molecule has 0 amide bonds. The average molecular weight is 334 g/mol. The largest absolute Gasteiger partial charge is 0.385 e. The van der Waals surface area contributed by atoms with Crippen LogP contribution in [-0.2, 0) is 0 Å². The van der Waals surface area contributed by atoms with Crippen molar-refractivity contribution in [3.8, 4) is 0 Å². The lowest BCUT2D eigenvalue weighted by Crippen LogP contribution is -2.17. The summed E-state index contributed by atoms with van der Waals surface area (Å²) in [5, 5.41) is 3.40. The molecule has 0 radical (unpaired) electrons. The van der Waals surface area contributed by atoms with Gasteiger partial charge in [0.25, 0.3) is 0 Å². The molecule has 1 heteroatoms. The van der Waals surface area contributed by atoms with E-state index in [2.05, 4.69) is 52.7 Å². The zero-order valence-corrected chi connectivity index (χ0v) is 17.1. The monoisotopic (exact) mass is 333 g/mol. The Balaban J connectivity index is 3.35. The van der Waals surface area contributed by atoms with E-state index in [9.17, 15) is 0 Å². The highest BCUT2D eigenvalue weighted by Gasteiger charge is 2.01. The number of nitrogens with one attached hydrogen (secondary N) is 1. The van der Waals surface area contributed by atoms with E-state index in [1.807, 2.05) is 0 Å². The summed E-state index contributed by atoms with van der Waals surface area (Å²) in [5.41, 5.74) is 3.84. The van der Waals surface area contributed by atoms with E-state index in [0.29, 0.717) is 11.8 Å². The van der Waals surface area contributed by atoms with Crippen molar-refractivity contribution in [2.24, 2.45) is 11.8 Å². The molecule has 0 fully saturated rings. The fourth-order valence-electron chi connectivity index (χ4n) is 2.57. The van der Waals surface area contributed by atoms with Crippen LogP contribution in [0.4, 0.5) is 0 Å². The van der Waals surface area contributed by atoms with Crippen LogP contribution in [0.25, 0.3) is 0 Å². The highest BCUT2D eigenvalue weighted by molar-refractivity contribution is 5.04. The molecule has 1 N–H and O–H groups in total. The SMILES string of the molecule is C=C(CCCCCCCCCCC(=C)C(C)C)NCC(=C)C(C)C. The molecule has 0 spiro atoms. The summed E-state index contributed by atoms with van der Waals surface area (Å²) in [7, 11) is 0. The molecule has 24 heavy (non-hydrogen) atoms. The molecule has 0 aliphatic carbocycles. The van der Waals surface area contributed by atoms with Crippen LogP contribution in [0.15, 0.2) is 36.6 Å². The molecular weight excluding hydrogens is 290 g/mol. The number of unbranched alkanes of at least 4 members (excludes halogenated alkanes) is 7. The molecule has 140 valence electrons. The maximum atomic E-state index is 4.15. The molecule has 0 saturated heterocycles. The zero-order valence-electron chi connectivity index (χ0n) is 17.1. The second kappa shape index (κ2) is 14.4.